The van der Waals surface area contributed by atoms with Gasteiger partial charge in [-0.05, 0) is 103 Å². The minimum atomic E-state index is -2.87. The van der Waals surface area contributed by atoms with Gasteiger partial charge in [0.25, 0.3) is 0 Å². The van der Waals surface area contributed by atoms with Crippen molar-refractivity contribution in [3.8, 4) is 22.6 Å². The van der Waals surface area contributed by atoms with E-state index in [0.717, 1.165) is 39.3 Å². The smallest absolute Gasteiger partial charge is 0.306 e. The second-order valence-corrected chi connectivity index (χ2v) is 13.9. The first-order valence-electron chi connectivity index (χ1n) is 14.7. The predicted octanol–water partition coefficient (Wildman–Crippen LogP) is 5.97. The van der Waals surface area contributed by atoms with Crippen LogP contribution in [0.15, 0.2) is 60.7 Å². The highest BCUT2D eigenvalue weighted by Gasteiger charge is 2.42. The molecule has 8 heteroatoms. The van der Waals surface area contributed by atoms with Crippen LogP contribution in [-0.4, -0.2) is 52.3 Å². The van der Waals surface area contributed by atoms with Gasteiger partial charge >= 0.3 is 5.97 Å². The average Bonchev–Trinajstić information content (AvgIpc) is 2.94. The number of benzene rings is 3. The van der Waals surface area contributed by atoms with Crippen molar-refractivity contribution in [3.05, 3.63) is 82.9 Å². The summed E-state index contributed by atoms with van der Waals surface area (Å²) in [5.74, 6) is 2.18. The van der Waals surface area contributed by atoms with E-state index in [2.05, 4.69) is 44.2 Å². The Bertz CT molecular complexity index is 1470. The molecule has 0 atom stereocenters. The third kappa shape index (κ3) is 7.16. The molecule has 0 aromatic heterocycles. The lowest BCUT2D eigenvalue weighted by Gasteiger charge is -2.41. The summed E-state index contributed by atoms with van der Waals surface area (Å²) in [7, 11) is -2.87. The summed E-state index contributed by atoms with van der Waals surface area (Å²) in [6.45, 7) is 8.37. The third-order valence-electron chi connectivity index (χ3n) is 8.30. The first kappa shape index (κ1) is 30.1. The molecule has 0 radical (unpaired) electrons. The summed E-state index contributed by atoms with van der Waals surface area (Å²) in [5, 5.41) is 0. The Kier molecular flexibility index (Phi) is 9.23. The lowest BCUT2D eigenvalue weighted by atomic mass is 9.76. The molecule has 224 valence electrons. The van der Waals surface area contributed by atoms with E-state index < -0.39 is 9.84 Å². The third-order valence-corrected chi connectivity index (χ3v) is 10.0. The Morgan fingerprint density at radius 3 is 2.24 bits per heavy atom. The van der Waals surface area contributed by atoms with Crippen molar-refractivity contribution in [2.24, 2.45) is 5.92 Å². The minimum absolute atomic E-state index is 0.201. The molecule has 2 heterocycles. The quantitative estimate of drug-likeness (QED) is 0.253. The van der Waals surface area contributed by atoms with Crippen molar-refractivity contribution in [2.75, 3.05) is 37.9 Å². The highest BCUT2D eigenvalue weighted by Crippen LogP contribution is 2.37. The summed E-state index contributed by atoms with van der Waals surface area (Å²) in [6, 6.07) is 20.4. The normalized spacial score (nSPS) is 17.7. The SMILES string of the molecule is CCOC(=O)CC1(c2ccc(OCc3cccc(-c4c(C)cc(OCC5CCS(=O)(=O)CC5)cc4C)c3)cc2)COC1. The maximum Gasteiger partial charge on any atom is 0.306 e. The largest absolute Gasteiger partial charge is 0.493 e. The minimum Gasteiger partial charge on any atom is -0.493 e. The van der Waals surface area contributed by atoms with Gasteiger partial charge in [-0.1, -0.05) is 30.3 Å². The number of aryl methyl sites for hydroxylation is 2. The molecule has 0 aliphatic carbocycles. The lowest BCUT2D eigenvalue weighted by Crippen LogP contribution is -2.48. The Hall–Kier alpha value is -3.36. The zero-order valence-electron chi connectivity index (χ0n) is 24.7. The van der Waals surface area contributed by atoms with Gasteiger partial charge in [-0.2, -0.15) is 0 Å². The van der Waals surface area contributed by atoms with Crippen molar-refractivity contribution in [3.63, 3.8) is 0 Å². The Labute approximate surface area is 249 Å². The molecule has 0 spiro atoms. The molecular weight excluding hydrogens is 552 g/mol. The molecule has 0 unspecified atom stereocenters. The second kappa shape index (κ2) is 12.9. The molecule has 0 amide bonds. The van der Waals surface area contributed by atoms with Crippen LogP contribution in [0.3, 0.4) is 0 Å². The van der Waals surface area contributed by atoms with Crippen LogP contribution >= 0.6 is 0 Å². The number of carbonyl (C=O) groups is 1. The van der Waals surface area contributed by atoms with Gasteiger partial charge in [0.15, 0.2) is 0 Å². The highest BCUT2D eigenvalue weighted by atomic mass is 32.2. The number of hydrogen-bond acceptors (Lipinski definition) is 7. The fourth-order valence-electron chi connectivity index (χ4n) is 5.88. The standard InChI is InChI=1S/C34H40O7S/c1-4-39-32(35)19-34(22-38-23-34)29-8-10-30(11-9-29)40-21-27-6-5-7-28(18-27)33-24(2)16-31(17-25(33)3)41-20-26-12-14-42(36,37)15-13-26/h5-11,16-18,26H,4,12-15,19-23H2,1-3H3. The summed E-state index contributed by atoms with van der Waals surface area (Å²) in [4.78, 5) is 12.1. The van der Waals surface area contributed by atoms with Crippen LogP contribution in [0.25, 0.3) is 11.1 Å². The average molecular weight is 593 g/mol. The molecule has 7 nitrogen and oxygen atoms in total. The van der Waals surface area contributed by atoms with E-state index >= 15 is 0 Å². The van der Waals surface area contributed by atoms with Gasteiger partial charge in [0.2, 0.25) is 0 Å². The van der Waals surface area contributed by atoms with Crippen LogP contribution in [0.4, 0.5) is 0 Å². The summed E-state index contributed by atoms with van der Waals surface area (Å²) in [6.07, 6.45) is 1.65. The first-order chi connectivity index (χ1) is 20.2. The number of carbonyl (C=O) groups excluding carboxylic acids is 1. The van der Waals surface area contributed by atoms with Crippen LogP contribution < -0.4 is 9.47 Å². The van der Waals surface area contributed by atoms with Gasteiger partial charge in [-0.25, -0.2) is 8.42 Å². The molecule has 0 saturated carbocycles. The monoisotopic (exact) mass is 592 g/mol. The van der Waals surface area contributed by atoms with E-state index in [4.69, 9.17) is 18.9 Å². The van der Waals surface area contributed by atoms with Crippen LogP contribution in [0.2, 0.25) is 0 Å². The van der Waals surface area contributed by atoms with Crippen molar-refractivity contribution in [1.29, 1.82) is 0 Å². The van der Waals surface area contributed by atoms with Gasteiger partial charge < -0.3 is 18.9 Å². The lowest BCUT2D eigenvalue weighted by molar-refractivity contribution is -0.151. The van der Waals surface area contributed by atoms with Crippen molar-refractivity contribution in [1.82, 2.24) is 0 Å². The van der Waals surface area contributed by atoms with Gasteiger partial charge in [0, 0.05) is 0 Å². The Morgan fingerprint density at radius 2 is 1.62 bits per heavy atom. The molecule has 3 aromatic rings. The Morgan fingerprint density at radius 1 is 0.929 bits per heavy atom. The number of hydrogen-bond donors (Lipinski definition) is 0. The van der Waals surface area contributed by atoms with E-state index in [1.54, 1.807) is 0 Å². The molecule has 42 heavy (non-hydrogen) atoms. The predicted molar refractivity (Wildman–Crippen MR) is 163 cm³/mol. The maximum absolute atomic E-state index is 12.1. The molecule has 3 aromatic carbocycles. The summed E-state index contributed by atoms with van der Waals surface area (Å²) < 4.78 is 46.3. The van der Waals surface area contributed by atoms with Gasteiger partial charge in [-0.3, -0.25) is 4.79 Å². The molecule has 2 fully saturated rings. The molecule has 2 saturated heterocycles. The molecule has 5 rings (SSSR count). The second-order valence-electron chi connectivity index (χ2n) is 11.6. The highest BCUT2D eigenvalue weighted by molar-refractivity contribution is 7.91. The van der Waals surface area contributed by atoms with Crippen molar-refractivity contribution < 1.29 is 32.2 Å². The molecular formula is C34H40O7S. The number of sulfone groups is 1. The van der Waals surface area contributed by atoms with Crippen molar-refractivity contribution >= 4 is 15.8 Å². The fraction of sp³-hybridized carbons (Fsp3) is 0.441. The zero-order valence-corrected chi connectivity index (χ0v) is 25.5. The van der Waals surface area contributed by atoms with E-state index in [9.17, 15) is 13.2 Å². The molecule has 2 aliphatic heterocycles. The van der Waals surface area contributed by atoms with Gasteiger partial charge in [-0.15, -0.1) is 0 Å². The van der Waals surface area contributed by atoms with E-state index in [-0.39, 0.29) is 28.8 Å². The first-order valence-corrected chi connectivity index (χ1v) is 16.5. The van der Waals surface area contributed by atoms with E-state index in [0.29, 0.717) is 52.3 Å². The van der Waals surface area contributed by atoms with Crippen LogP contribution in [0.5, 0.6) is 11.5 Å². The fourth-order valence-corrected chi connectivity index (χ4v) is 7.47. The van der Waals surface area contributed by atoms with Crippen LogP contribution in [0.1, 0.15) is 48.4 Å². The van der Waals surface area contributed by atoms with E-state index in [1.807, 2.05) is 37.3 Å². The van der Waals surface area contributed by atoms with Gasteiger partial charge in [0.05, 0.1) is 49.8 Å². The zero-order chi connectivity index (χ0) is 29.7. The number of rotatable bonds is 11. The Balaban J connectivity index is 1.20. The maximum atomic E-state index is 12.1. The number of esters is 1. The summed E-state index contributed by atoms with van der Waals surface area (Å²) in [5.41, 5.74) is 6.34. The number of ether oxygens (including phenoxy) is 4. The molecule has 0 N–H and O–H groups in total. The van der Waals surface area contributed by atoms with Crippen LogP contribution in [0, 0.1) is 19.8 Å². The topological polar surface area (TPSA) is 88.1 Å². The van der Waals surface area contributed by atoms with Crippen LogP contribution in [-0.2, 0) is 36.1 Å². The molecule has 2 aliphatic rings. The van der Waals surface area contributed by atoms with Crippen molar-refractivity contribution in [2.45, 2.75) is 52.1 Å². The molecule has 0 bridgehead atoms. The van der Waals surface area contributed by atoms with E-state index in [1.165, 1.54) is 5.56 Å². The van der Waals surface area contributed by atoms with Gasteiger partial charge in [0.1, 0.15) is 27.9 Å². The summed E-state index contributed by atoms with van der Waals surface area (Å²) >= 11 is 0.